The summed E-state index contributed by atoms with van der Waals surface area (Å²) >= 11 is 0. The topological polar surface area (TPSA) is 79.0 Å². The molecule has 2 aromatic rings. The quantitative estimate of drug-likeness (QED) is 0.786. The van der Waals surface area contributed by atoms with E-state index in [1.165, 1.54) is 0 Å². The highest BCUT2D eigenvalue weighted by molar-refractivity contribution is 5.93. The van der Waals surface area contributed by atoms with Crippen LogP contribution in [0.1, 0.15) is 31.2 Å². The van der Waals surface area contributed by atoms with E-state index in [-0.39, 0.29) is 12.0 Å². The number of imidazole rings is 1. The molecule has 1 amide bonds. The molecule has 1 fully saturated rings. The average Bonchev–Trinajstić information content (AvgIpc) is 3.13. The Labute approximate surface area is 123 Å². The van der Waals surface area contributed by atoms with E-state index < -0.39 is 0 Å². The Balaban J connectivity index is 1.75. The molecule has 1 saturated heterocycles. The number of hydrogen-bond acceptors (Lipinski definition) is 4. The first kappa shape index (κ1) is 14.0. The van der Waals surface area contributed by atoms with Crippen molar-refractivity contribution >= 4 is 22.6 Å². The second-order valence-corrected chi connectivity index (χ2v) is 5.26. The maximum atomic E-state index is 11.7. The predicted molar refractivity (Wildman–Crippen MR) is 81.2 cm³/mol. The number of carbonyl (C=O) groups excluding carboxylic acids is 1. The van der Waals surface area contributed by atoms with Crippen LogP contribution in [0, 0.1) is 0 Å². The summed E-state index contributed by atoms with van der Waals surface area (Å²) in [5, 5.41) is 5.85. The van der Waals surface area contributed by atoms with Crippen molar-refractivity contribution in [1.82, 2.24) is 15.3 Å². The normalized spacial score (nSPS) is 18.2. The number of nitrogens with one attached hydrogen (secondary N) is 3. The molecule has 0 radical (unpaired) electrons. The zero-order chi connectivity index (χ0) is 14.7. The smallest absolute Gasteiger partial charge is 0.225 e. The van der Waals surface area contributed by atoms with Gasteiger partial charge in [-0.05, 0) is 38.1 Å². The second kappa shape index (κ2) is 6.24. The van der Waals surface area contributed by atoms with Gasteiger partial charge in [0.25, 0.3) is 0 Å². The maximum absolute atomic E-state index is 11.7. The van der Waals surface area contributed by atoms with E-state index in [0.29, 0.717) is 13.0 Å². The Kier molecular flexibility index (Phi) is 4.17. The monoisotopic (exact) mass is 288 g/mol. The van der Waals surface area contributed by atoms with Crippen LogP contribution < -0.4 is 10.6 Å². The molecule has 1 aromatic heterocycles. The van der Waals surface area contributed by atoms with Crippen molar-refractivity contribution in [3.05, 3.63) is 24.0 Å². The summed E-state index contributed by atoms with van der Waals surface area (Å²) < 4.78 is 5.64. The Morgan fingerprint density at radius 1 is 1.52 bits per heavy atom. The van der Waals surface area contributed by atoms with Gasteiger partial charge < -0.3 is 20.4 Å². The highest BCUT2D eigenvalue weighted by atomic mass is 16.5. The van der Waals surface area contributed by atoms with Gasteiger partial charge >= 0.3 is 0 Å². The number of fused-ring (bicyclic) bond motifs is 1. The van der Waals surface area contributed by atoms with E-state index in [2.05, 4.69) is 20.6 Å². The van der Waals surface area contributed by atoms with Crippen molar-refractivity contribution < 1.29 is 9.53 Å². The summed E-state index contributed by atoms with van der Waals surface area (Å²) in [5.74, 6) is 0.878. The Bertz CT molecular complexity index is 632. The number of hydrogen-bond donors (Lipinski definition) is 3. The molecule has 0 spiro atoms. The lowest BCUT2D eigenvalue weighted by Crippen LogP contribution is -2.18. The van der Waals surface area contributed by atoms with Gasteiger partial charge in [-0.3, -0.25) is 4.79 Å². The van der Waals surface area contributed by atoms with Crippen LogP contribution in [0.25, 0.3) is 11.0 Å². The molecule has 1 unspecified atom stereocenters. The number of carbonyl (C=O) groups is 1. The molecule has 1 aliphatic rings. The van der Waals surface area contributed by atoms with Crippen LogP contribution in [0.3, 0.4) is 0 Å². The molecular weight excluding hydrogens is 268 g/mol. The van der Waals surface area contributed by atoms with E-state index in [1.807, 2.05) is 25.2 Å². The molecule has 1 aliphatic heterocycles. The number of aromatic amines is 1. The zero-order valence-corrected chi connectivity index (χ0v) is 12.1. The molecular formula is C15H20N4O2. The fraction of sp³-hybridized carbons (Fsp3) is 0.467. The SMILES string of the molecule is CNCCC(=O)Nc1ccc2nc(C3CCCO3)[nH]c2c1. The van der Waals surface area contributed by atoms with Crippen LogP contribution in [0.5, 0.6) is 0 Å². The van der Waals surface area contributed by atoms with Crippen molar-refractivity contribution in [2.75, 3.05) is 25.5 Å². The number of benzene rings is 1. The van der Waals surface area contributed by atoms with Crippen LogP contribution in [0.4, 0.5) is 5.69 Å². The lowest BCUT2D eigenvalue weighted by atomic mass is 10.2. The van der Waals surface area contributed by atoms with Crippen molar-refractivity contribution in [3.8, 4) is 0 Å². The van der Waals surface area contributed by atoms with Crippen LogP contribution in [-0.4, -0.2) is 36.1 Å². The molecule has 0 saturated carbocycles. The standard InChI is InChI=1S/C15H20N4O2/c1-16-7-6-14(20)17-10-4-5-11-12(9-10)19-15(18-11)13-3-2-8-21-13/h4-5,9,13,16H,2-3,6-8H2,1H3,(H,17,20)(H,18,19). The third kappa shape index (κ3) is 3.22. The second-order valence-electron chi connectivity index (χ2n) is 5.26. The molecule has 21 heavy (non-hydrogen) atoms. The van der Waals surface area contributed by atoms with E-state index >= 15 is 0 Å². The third-order valence-corrected chi connectivity index (χ3v) is 3.62. The largest absolute Gasteiger partial charge is 0.370 e. The highest BCUT2D eigenvalue weighted by Crippen LogP contribution is 2.28. The van der Waals surface area contributed by atoms with Gasteiger partial charge in [0.15, 0.2) is 0 Å². The van der Waals surface area contributed by atoms with E-state index in [1.54, 1.807) is 0 Å². The molecule has 2 heterocycles. The fourth-order valence-corrected chi connectivity index (χ4v) is 2.51. The minimum atomic E-state index is 0.00238. The number of anilines is 1. The Hall–Kier alpha value is -1.92. The molecule has 1 atom stereocenters. The van der Waals surface area contributed by atoms with Gasteiger partial charge in [-0.15, -0.1) is 0 Å². The van der Waals surface area contributed by atoms with Gasteiger partial charge in [0, 0.05) is 25.3 Å². The van der Waals surface area contributed by atoms with Gasteiger partial charge in [0.05, 0.1) is 11.0 Å². The predicted octanol–water partition coefficient (Wildman–Crippen LogP) is 1.96. The van der Waals surface area contributed by atoms with Crippen LogP contribution in [0.2, 0.25) is 0 Å². The number of aromatic nitrogens is 2. The molecule has 0 aliphatic carbocycles. The zero-order valence-electron chi connectivity index (χ0n) is 12.1. The summed E-state index contributed by atoms with van der Waals surface area (Å²) in [6.07, 6.45) is 2.62. The van der Waals surface area contributed by atoms with Crippen molar-refractivity contribution in [1.29, 1.82) is 0 Å². The van der Waals surface area contributed by atoms with Gasteiger partial charge in [-0.25, -0.2) is 4.98 Å². The summed E-state index contributed by atoms with van der Waals surface area (Å²) in [4.78, 5) is 19.6. The van der Waals surface area contributed by atoms with Gasteiger partial charge in [-0.2, -0.15) is 0 Å². The Morgan fingerprint density at radius 3 is 3.19 bits per heavy atom. The minimum Gasteiger partial charge on any atom is -0.370 e. The average molecular weight is 288 g/mol. The summed E-state index contributed by atoms with van der Waals surface area (Å²) in [6, 6.07) is 5.70. The van der Waals surface area contributed by atoms with E-state index in [9.17, 15) is 4.79 Å². The molecule has 3 N–H and O–H groups in total. The molecule has 3 rings (SSSR count). The fourth-order valence-electron chi connectivity index (χ4n) is 2.51. The van der Waals surface area contributed by atoms with Gasteiger partial charge in [0.2, 0.25) is 5.91 Å². The first-order chi connectivity index (χ1) is 10.3. The number of amides is 1. The molecule has 112 valence electrons. The number of nitrogens with zero attached hydrogens (tertiary/aromatic N) is 1. The minimum absolute atomic E-state index is 0.00238. The number of H-pyrrole nitrogens is 1. The Morgan fingerprint density at radius 2 is 2.43 bits per heavy atom. The lowest BCUT2D eigenvalue weighted by molar-refractivity contribution is -0.116. The highest BCUT2D eigenvalue weighted by Gasteiger charge is 2.21. The van der Waals surface area contributed by atoms with Crippen molar-refractivity contribution in [3.63, 3.8) is 0 Å². The van der Waals surface area contributed by atoms with Crippen LogP contribution in [0.15, 0.2) is 18.2 Å². The van der Waals surface area contributed by atoms with Crippen LogP contribution in [-0.2, 0) is 9.53 Å². The molecule has 1 aromatic carbocycles. The summed E-state index contributed by atoms with van der Waals surface area (Å²) in [5.41, 5.74) is 2.60. The molecule has 6 heteroatoms. The van der Waals surface area contributed by atoms with Crippen LogP contribution >= 0.6 is 0 Å². The third-order valence-electron chi connectivity index (χ3n) is 3.62. The first-order valence-corrected chi connectivity index (χ1v) is 7.32. The van der Waals surface area contributed by atoms with Gasteiger partial charge in [0.1, 0.15) is 11.9 Å². The van der Waals surface area contributed by atoms with E-state index in [4.69, 9.17) is 4.74 Å². The number of ether oxygens (including phenoxy) is 1. The van der Waals surface area contributed by atoms with Crippen molar-refractivity contribution in [2.24, 2.45) is 0 Å². The maximum Gasteiger partial charge on any atom is 0.225 e. The summed E-state index contributed by atoms with van der Waals surface area (Å²) in [7, 11) is 1.83. The van der Waals surface area contributed by atoms with Gasteiger partial charge in [-0.1, -0.05) is 0 Å². The first-order valence-electron chi connectivity index (χ1n) is 7.32. The van der Waals surface area contributed by atoms with E-state index in [0.717, 1.165) is 42.0 Å². The number of rotatable bonds is 5. The lowest BCUT2D eigenvalue weighted by Gasteiger charge is -2.04. The molecule has 0 bridgehead atoms. The summed E-state index contributed by atoms with van der Waals surface area (Å²) in [6.45, 7) is 1.47. The van der Waals surface area contributed by atoms with Crippen molar-refractivity contribution in [2.45, 2.75) is 25.4 Å². The molecule has 6 nitrogen and oxygen atoms in total.